The van der Waals surface area contributed by atoms with Gasteiger partial charge in [-0.15, -0.1) is 11.6 Å². The van der Waals surface area contributed by atoms with Gasteiger partial charge in [-0.25, -0.2) is 4.39 Å². The van der Waals surface area contributed by atoms with E-state index in [-0.39, 0.29) is 12.2 Å². The molecule has 0 aromatic heterocycles. The molecule has 0 radical (unpaired) electrons. The van der Waals surface area contributed by atoms with Crippen molar-refractivity contribution in [2.75, 3.05) is 0 Å². The Morgan fingerprint density at radius 3 is 2.83 bits per heavy atom. The van der Waals surface area contributed by atoms with E-state index in [9.17, 15) is 4.39 Å². The summed E-state index contributed by atoms with van der Waals surface area (Å²) in [7, 11) is 0. The molecule has 1 aromatic rings. The summed E-state index contributed by atoms with van der Waals surface area (Å²) in [5.74, 6) is 0.00373. The maximum atomic E-state index is 12.9. The van der Waals surface area contributed by atoms with Crippen molar-refractivity contribution in [3.63, 3.8) is 0 Å². The van der Waals surface area contributed by atoms with Crippen molar-refractivity contribution in [1.82, 2.24) is 0 Å². The summed E-state index contributed by atoms with van der Waals surface area (Å²) in [4.78, 5) is 0. The molecule has 1 rings (SSSR count). The molecule has 12 heavy (non-hydrogen) atoms. The van der Waals surface area contributed by atoms with Crippen molar-refractivity contribution < 1.29 is 4.39 Å². The van der Waals surface area contributed by atoms with Crippen molar-refractivity contribution >= 4 is 11.6 Å². The summed E-state index contributed by atoms with van der Waals surface area (Å²) < 4.78 is 12.9. The monoisotopic (exact) mass is 183 g/mol. The molecule has 0 aliphatic heterocycles. The fraction of sp³-hybridized carbons (Fsp3) is 0.222. The number of alkyl halides is 1. The maximum absolute atomic E-state index is 12.9. The second kappa shape index (κ2) is 4.08. The Bertz CT molecular complexity index is 317. The van der Waals surface area contributed by atoms with Crippen molar-refractivity contribution in [2.24, 2.45) is 0 Å². The molecular formula is C9H7ClFN. The van der Waals surface area contributed by atoms with Crippen LogP contribution in [0.15, 0.2) is 18.2 Å². The molecular weight excluding hydrogens is 177 g/mol. The number of hydrogen-bond donors (Lipinski definition) is 0. The molecule has 0 amide bonds. The zero-order chi connectivity index (χ0) is 8.97. The Balaban J connectivity index is 3.01. The summed E-state index contributed by atoms with van der Waals surface area (Å²) in [6.45, 7) is 0. The number of hydrogen-bond acceptors (Lipinski definition) is 1. The van der Waals surface area contributed by atoms with Crippen molar-refractivity contribution in [2.45, 2.75) is 12.3 Å². The number of nitrogens with zero attached hydrogens (tertiary/aromatic N) is 1. The normalized spacial score (nSPS) is 9.42. The first kappa shape index (κ1) is 9.02. The highest BCUT2D eigenvalue weighted by Gasteiger charge is 2.01. The number of benzene rings is 1. The van der Waals surface area contributed by atoms with Crippen LogP contribution in [0.25, 0.3) is 0 Å². The number of rotatable bonds is 2. The molecule has 0 saturated carbocycles. The van der Waals surface area contributed by atoms with Crippen LogP contribution in [-0.2, 0) is 12.3 Å². The Hall–Kier alpha value is -1.07. The standard InChI is InChI=1S/C9H7ClFN/c10-6-7-1-2-9(11)8(5-7)3-4-12/h1-2,5H,3,6H2. The highest BCUT2D eigenvalue weighted by molar-refractivity contribution is 6.17. The van der Waals surface area contributed by atoms with E-state index in [1.807, 2.05) is 6.07 Å². The van der Waals surface area contributed by atoms with E-state index in [2.05, 4.69) is 0 Å². The van der Waals surface area contributed by atoms with E-state index in [4.69, 9.17) is 16.9 Å². The van der Waals surface area contributed by atoms with Gasteiger partial charge in [-0.3, -0.25) is 0 Å². The Morgan fingerprint density at radius 2 is 2.25 bits per heavy atom. The van der Waals surface area contributed by atoms with Crippen LogP contribution >= 0.6 is 11.6 Å². The zero-order valence-corrected chi connectivity index (χ0v) is 7.11. The van der Waals surface area contributed by atoms with Gasteiger partial charge in [0.2, 0.25) is 0 Å². The van der Waals surface area contributed by atoms with E-state index in [0.717, 1.165) is 5.56 Å². The molecule has 0 atom stereocenters. The molecule has 62 valence electrons. The Kier molecular flexibility index (Phi) is 3.07. The summed E-state index contributed by atoms with van der Waals surface area (Å²) in [6, 6.07) is 6.46. The van der Waals surface area contributed by atoms with Crippen LogP contribution in [0.4, 0.5) is 4.39 Å². The fourth-order valence-electron chi connectivity index (χ4n) is 0.932. The van der Waals surface area contributed by atoms with E-state index in [1.165, 1.54) is 6.07 Å². The molecule has 0 unspecified atom stereocenters. The van der Waals surface area contributed by atoms with Crippen LogP contribution in [-0.4, -0.2) is 0 Å². The van der Waals surface area contributed by atoms with Gasteiger partial charge in [0.05, 0.1) is 12.5 Å². The largest absolute Gasteiger partial charge is 0.207 e. The van der Waals surface area contributed by atoms with Gasteiger partial charge in [-0.2, -0.15) is 5.26 Å². The molecule has 0 N–H and O–H groups in total. The van der Waals surface area contributed by atoms with Crippen LogP contribution < -0.4 is 0 Å². The van der Waals surface area contributed by atoms with Crippen molar-refractivity contribution in [3.05, 3.63) is 35.1 Å². The molecule has 3 heteroatoms. The Morgan fingerprint density at radius 1 is 1.50 bits per heavy atom. The molecule has 0 fully saturated rings. The van der Waals surface area contributed by atoms with Gasteiger partial charge < -0.3 is 0 Å². The second-order valence-electron chi connectivity index (χ2n) is 2.39. The highest BCUT2D eigenvalue weighted by Crippen LogP contribution is 2.12. The van der Waals surface area contributed by atoms with Crippen molar-refractivity contribution in [1.29, 1.82) is 5.26 Å². The summed E-state index contributed by atoms with van der Waals surface area (Å²) in [5, 5.41) is 8.36. The second-order valence-corrected chi connectivity index (χ2v) is 2.66. The fourth-order valence-corrected chi connectivity index (χ4v) is 1.10. The lowest BCUT2D eigenvalue weighted by Gasteiger charge is -1.99. The van der Waals surface area contributed by atoms with Crippen LogP contribution in [0.5, 0.6) is 0 Å². The van der Waals surface area contributed by atoms with Crippen LogP contribution in [0.1, 0.15) is 11.1 Å². The maximum Gasteiger partial charge on any atom is 0.127 e. The van der Waals surface area contributed by atoms with Gasteiger partial charge in [0.25, 0.3) is 0 Å². The topological polar surface area (TPSA) is 23.8 Å². The van der Waals surface area contributed by atoms with E-state index >= 15 is 0 Å². The molecule has 0 aliphatic carbocycles. The van der Waals surface area contributed by atoms with E-state index < -0.39 is 0 Å². The van der Waals surface area contributed by atoms with Gasteiger partial charge in [-0.1, -0.05) is 12.1 Å². The number of nitriles is 1. The first-order valence-corrected chi connectivity index (χ1v) is 4.01. The van der Waals surface area contributed by atoms with E-state index in [0.29, 0.717) is 11.4 Å². The minimum atomic E-state index is -0.342. The average molecular weight is 184 g/mol. The summed E-state index contributed by atoms with van der Waals surface area (Å²) in [6.07, 6.45) is 0.0938. The molecule has 0 heterocycles. The van der Waals surface area contributed by atoms with E-state index in [1.54, 1.807) is 12.1 Å². The summed E-state index contributed by atoms with van der Waals surface area (Å²) in [5.41, 5.74) is 1.25. The first-order valence-electron chi connectivity index (χ1n) is 3.48. The molecule has 0 bridgehead atoms. The molecule has 0 saturated heterocycles. The number of halogens is 2. The highest BCUT2D eigenvalue weighted by atomic mass is 35.5. The quantitative estimate of drug-likeness (QED) is 0.647. The van der Waals surface area contributed by atoms with Crippen LogP contribution in [0, 0.1) is 17.1 Å². The van der Waals surface area contributed by atoms with Gasteiger partial charge in [-0.05, 0) is 11.6 Å². The molecule has 1 aromatic carbocycles. The molecule has 0 spiro atoms. The molecule has 0 aliphatic rings. The lowest BCUT2D eigenvalue weighted by Crippen LogP contribution is -1.90. The molecule has 1 nitrogen and oxygen atoms in total. The Labute approximate surface area is 75.4 Å². The van der Waals surface area contributed by atoms with Crippen molar-refractivity contribution in [3.8, 4) is 6.07 Å². The van der Waals surface area contributed by atoms with Crippen LogP contribution in [0.3, 0.4) is 0 Å². The predicted molar refractivity (Wildman–Crippen MR) is 45.3 cm³/mol. The van der Waals surface area contributed by atoms with Crippen LogP contribution in [0.2, 0.25) is 0 Å². The third kappa shape index (κ3) is 1.96. The van der Waals surface area contributed by atoms with Gasteiger partial charge in [0.15, 0.2) is 0 Å². The average Bonchev–Trinajstić information content (AvgIpc) is 2.09. The lowest BCUT2D eigenvalue weighted by molar-refractivity contribution is 0.614. The summed E-state index contributed by atoms with van der Waals surface area (Å²) >= 11 is 5.55. The minimum absolute atomic E-state index is 0.0938. The lowest BCUT2D eigenvalue weighted by atomic mass is 10.1. The van der Waals surface area contributed by atoms with Gasteiger partial charge in [0.1, 0.15) is 5.82 Å². The minimum Gasteiger partial charge on any atom is -0.207 e. The first-order chi connectivity index (χ1) is 5.77. The van der Waals surface area contributed by atoms with Gasteiger partial charge in [0, 0.05) is 11.4 Å². The van der Waals surface area contributed by atoms with Gasteiger partial charge >= 0.3 is 0 Å². The third-order valence-electron chi connectivity index (χ3n) is 1.53. The zero-order valence-electron chi connectivity index (χ0n) is 6.35. The SMILES string of the molecule is N#CCc1cc(CCl)ccc1F. The predicted octanol–water partition coefficient (Wildman–Crippen LogP) is 2.63. The smallest absolute Gasteiger partial charge is 0.127 e. The third-order valence-corrected chi connectivity index (χ3v) is 1.84.